The standard InChI is InChI=1S/C20H21FN2O2S/c21-15-9-3-2-7-13(15)18(24)22-19-17(14-8-6-10-16(14)26-19)20(25)23-11-4-1-5-12-23/h2-3,7,9H,1,4-6,8,10-12H2,(H,22,24). The molecule has 0 radical (unpaired) electrons. The minimum Gasteiger partial charge on any atom is -0.339 e. The third kappa shape index (κ3) is 3.14. The van der Waals surface area contributed by atoms with Crippen molar-refractivity contribution in [2.45, 2.75) is 38.5 Å². The highest BCUT2D eigenvalue weighted by Crippen LogP contribution is 2.40. The summed E-state index contributed by atoms with van der Waals surface area (Å²) in [6, 6.07) is 5.91. The Bertz CT molecular complexity index is 855. The van der Waals surface area contributed by atoms with Gasteiger partial charge in [-0.05, 0) is 56.2 Å². The fraction of sp³-hybridized carbons (Fsp3) is 0.400. The Kier molecular flexibility index (Phi) is 4.76. The third-order valence-electron chi connectivity index (χ3n) is 5.12. The number of hydrogen-bond donors (Lipinski definition) is 1. The van der Waals surface area contributed by atoms with Crippen molar-refractivity contribution in [1.29, 1.82) is 0 Å². The number of carbonyl (C=O) groups is 2. The van der Waals surface area contributed by atoms with E-state index in [1.165, 1.54) is 28.3 Å². The predicted octanol–water partition coefficient (Wildman–Crippen LogP) is 4.25. The van der Waals surface area contributed by atoms with Gasteiger partial charge in [-0.15, -0.1) is 11.3 Å². The average Bonchev–Trinajstić information content (AvgIpc) is 3.23. The number of anilines is 1. The van der Waals surface area contributed by atoms with Crippen LogP contribution in [-0.4, -0.2) is 29.8 Å². The summed E-state index contributed by atoms with van der Waals surface area (Å²) in [5.41, 5.74) is 1.71. The summed E-state index contributed by atoms with van der Waals surface area (Å²) in [4.78, 5) is 28.7. The molecule has 2 aromatic rings. The van der Waals surface area contributed by atoms with E-state index in [0.717, 1.165) is 57.2 Å². The summed E-state index contributed by atoms with van der Waals surface area (Å²) in [6.45, 7) is 1.54. The Balaban J connectivity index is 1.65. The molecule has 2 amide bonds. The van der Waals surface area contributed by atoms with Gasteiger partial charge in [0.15, 0.2) is 0 Å². The fourth-order valence-electron chi connectivity index (χ4n) is 3.79. The second-order valence-electron chi connectivity index (χ2n) is 6.85. The van der Waals surface area contributed by atoms with Gasteiger partial charge in [0.05, 0.1) is 11.1 Å². The van der Waals surface area contributed by atoms with Crippen LogP contribution in [-0.2, 0) is 12.8 Å². The Morgan fingerprint density at radius 1 is 1.04 bits per heavy atom. The van der Waals surface area contributed by atoms with Crippen LogP contribution in [0.3, 0.4) is 0 Å². The van der Waals surface area contributed by atoms with E-state index < -0.39 is 11.7 Å². The van der Waals surface area contributed by atoms with E-state index in [9.17, 15) is 14.0 Å². The van der Waals surface area contributed by atoms with E-state index in [1.54, 1.807) is 12.1 Å². The number of likely N-dealkylation sites (tertiary alicyclic amines) is 1. The van der Waals surface area contributed by atoms with Gasteiger partial charge < -0.3 is 10.2 Å². The number of hydrogen-bond acceptors (Lipinski definition) is 3. The van der Waals surface area contributed by atoms with Gasteiger partial charge in [0, 0.05) is 18.0 Å². The topological polar surface area (TPSA) is 49.4 Å². The number of aryl methyl sites for hydroxylation is 1. The van der Waals surface area contributed by atoms with Crippen LogP contribution in [0.25, 0.3) is 0 Å². The summed E-state index contributed by atoms with van der Waals surface area (Å²) in [7, 11) is 0. The molecule has 1 aromatic heterocycles. The van der Waals surface area contributed by atoms with Gasteiger partial charge in [-0.25, -0.2) is 4.39 Å². The Hall–Kier alpha value is -2.21. The Morgan fingerprint density at radius 3 is 2.58 bits per heavy atom. The zero-order valence-corrected chi connectivity index (χ0v) is 15.3. The van der Waals surface area contributed by atoms with Crippen molar-refractivity contribution in [1.82, 2.24) is 4.90 Å². The van der Waals surface area contributed by atoms with Gasteiger partial charge in [-0.2, -0.15) is 0 Å². The van der Waals surface area contributed by atoms with Crippen molar-refractivity contribution in [2.24, 2.45) is 0 Å². The number of amides is 2. The number of piperidine rings is 1. The second kappa shape index (κ2) is 7.19. The summed E-state index contributed by atoms with van der Waals surface area (Å²) < 4.78 is 13.9. The highest BCUT2D eigenvalue weighted by molar-refractivity contribution is 7.17. The molecule has 1 aromatic carbocycles. The second-order valence-corrected chi connectivity index (χ2v) is 7.95. The van der Waals surface area contributed by atoms with Crippen LogP contribution in [0, 0.1) is 5.82 Å². The smallest absolute Gasteiger partial charge is 0.259 e. The van der Waals surface area contributed by atoms with Crippen molar-refractivity contribution < 1.29 is 14.0 Å². The molecule has 0 unspecified atom stereocenters. The van der Waals surface area contributed by atoms with Crippen LogP contribution in [0.4, 0.5) is 9.39 Å². The van der Waals surface area contributed by atoms with E-state index in [0.29, 0.717) is 10.6 Å². The zero-order chi connectivity index (χ0) is 18.1. The van der Waals surface area contributed by atoms with Gasteiger partial charge >= 0.3 is 0 Å². The average molecular weight is 372 g/mol. The number of nitrogens with one attached hydrogen (secondary N) is 1. The van der Waals surface area contributed by atoms with Crippen molar-refractivity contribution in [3.05, 3.63) is 51.7 Å². The molecule has 136 valence electrons. The number of nitrogens with zero attached hydrogens (tertiary/aromatic N) is 1. The van der Waals surface area contributed by atoms with E-state index in [2.05, 4.69) is 5.32 Å². The normalized spacial score (nSPS) is 16.4. The minimum absolute atomic E-state index is 0.00238. The minimum atomic E-state index is -0.557. The van der Waals surface area contributed by atoms with Crippen LogP contribution in [0.1, 0.15) is 56.8 Å². The maximum atomic E-state index is 13.9. The van der Waals surface area contributed by atoms with E-state index in [4.69, 9.17) is 0 Å². The molecule has 4 rings (SSSR count). The Morgan fingerprint density at radius 2 is 1.81 bits per heavy atom. The molecule has 0 saturated carbocycles. The monoisotopic (exact) mass is 372 g/mol. The molecule has 1 N–H and O–H groups in total. The van der Waals surface area contributed by atoms with Gasteiger partial charge in [0.25, 0.3) is 11.8 Å². The van der Waals surface area contributed by atoms with E-state index in [1.807, 2.05) is 4.90 Å². The quantitative estimate of drug-likeness (QED) is 0.875. The number of rotatable bonds is 3. The molecular weight excluding hydrogens is 351 g/mol. The van der Waals surface area contributed by atoms with Crippen LogP contribution in [0.2, 0.25) is 0 Å². The molecule has 2 aliphatic rings. The first-order valence-corrected chi connectivity index (χ1v) is 9.96. The maximum Gasteiger partial charge on any atom is 0.259 e. The fourth-order valence-corrected chi connectivity index (χ4v) is 5.07. The lowest BCUT2D eigenvalue weighted by Crippen LogP contribution is -2.36. The maximum absolute atomic E-state index is 13.9. The summed E-state index contributed by atoms with van der Waals surface area (Å²) in [5.74, 6) is -1.05. The van der Waals surface area contributed by atoms with Crippen molar-refractivity contribution in [2.75, 3.05) is 18.4 Å². The molecule has 6 heteroatoms. The molecule has 1 aliphatic carbocycles. The van der Waals surface area contributed by atoms with Crippen LogP contribution < -0.4 is 5.32 Å². The SMILES string of the molecule is O=C(Nc1sc2c(c1C(=O)N1CCCCC1)CCC2)c1ccccc1F. The summed E-state index contributed by atoms with van der Waals surface area (Å²) >= 11 is 1.47. The first-order chi connectivity index (χ1) is 12.6. The molecule has 0 spiro atoms. The van der Waals surface area contributed by atoms with Crippen molar-refractivity contribution >= 4 is 28.2 Å². The number of benzene rings is 1. The zero-order valence-electron chi connectivity index (χ0n) is 14.5. The molecule has 1 fully saturated rings. The molecule has 26 heavy (non-hydrogen) atoms. The Labute approximate surface area is 156 Å². The van der Waals surface area contributed by atoms with Crippen LogP contribution >= 0.6 is 11.3 Å². The van der Waals surface area contributed by atoms with Gasteiger partial charge in [-0.1, -0.05) is 12.1 Å². The molecule has 1 saturated heterocycles. The first-order valence-electron chi connectivity index (χ1n) is 9.15. The molecule has 0 bridgehead atoms. The lowest BCUT2D eigenvalue weighted by Gasteiger charge is -2.27. The molecular formula is C20H21FN2O2S. The summed E-state index contributed by atoms with van der Waals surface area (Å²) in [6.07, 6.45) is 6.06. The molecule has 1 aliphatic heterocycles. The van der Waals surface area contributed by atoms with Crippen molar-refractivity contribution in [3.8, 4) is 0 Å². The molecule has 4 nitrogen and oxygen atoms in total. The highest BCUT2D eigenvalue weighted by atomic mass is 32.1. The van der Waals surface area contributed by atoms with Gasteiger partial charge in [-0.3, -0.25) is 9.59 Å². The van der Waals surface area contributed by atoms with Gasteiger partial charge in [0.1, 0.15) is 10.8 Å². The molecule has 2 heterocycles. The van der Waals surface area contributed by atoms with Crippen LogP contribution in [0.15, 0.2) is 24.3 Å². The first kappa shape index (κ1) is 17.2. The summed E-state index contributed by atoms with van der Waals surface area (Å²) in [5, 5.41) is 3.38. The van der Waals surface area contributed by atoms with E-state index in [-0.39, 0.29) is 11.5 Å². The highest BCUT2D eigenvalue weighted by Gasteiger charge is 2.31. The third-order valence-corrected chi connectivity index (χ3v) is 6.33. The lowest BCUT2D eigenvalue weighted by atomic mass is 10.1. The van der Waals surface area contributed by atoms with Crippen LogP contribution in [0.5, 0.6) is 0 Å². The number of halogens is 1. The predicted molar refractivity (Wildman–Crippen MR) is 100 cm³/mol. The van der Waals surface area contributed by atoms with Gasteiger partial charge in [0.2, 0.25) is 0 Å². The number of thiophene rings is 1. The molecule has 0 atom stereocenters. The van der Waals surface area contributed by atoms with Crippen molar-refractivity contribution in [3.63, 3.8) is 0 Å². The van der Waals surface area contributed by atoms with E-state index >= 15 is 0 Å². The number of carbonyl (C=O) groups excluding carboxylic acids is 2. The lowest BCUT2D eigenvalue weighted by molar-refractivity contribution is 0.0725. The largest absolute Gasteiger partial charge is 0.339 e. The number of fused-ring (bicyclic) bond motifs is 1.